The van der Waals surface area contributed by atoms with Gasteiger partial charge in [0.1, 0.15) is 5.82 Å². The predicted molar refractivity (Wildman–Crippen MR) is 72.5 cm³/mol. The summed E-state index contributed by atoms with van der Waals surface area (Å²) in [6, 6.07) is 3.42. The maximum atomic E-state index is 11.5. The Morgan fingerprint density at radius 3 is 2.78 bits per heavy atom. The van der Waals surface area contributed by atoms with Gasteiger partial charge in [0, 0.05) is 13.1 Å². The Hall–Kier alpha value is -1.91. The molecule has 18 heavy (non-hydrogen) atoms. The van der Waals surface area contributed by atoms with Crippen LogP contribution in [-0.4, -0.2) is 29.2 Å². The number of carbonyl (C=O) groups excluding carboxylic acids is 1. The van der Waals surface area contributed by atoms with E-state index < -0.39 is 0 Å². The van der Waals surface area contributed by atoms with Crippen molar-refractivity contribution in [2.24, 2.45) is 5.92 Å². The molecule has 0 saturated carbocycles. The minimum absolute atomic E-state index is 0.240. The molecule has 0 aliphatic rings. The zero-order chi connectivity index (χ0) is 13.4. The van der Waals surface area contributed by atoms with E-state index in [0.717, 1.165) is 13.0 Å². The number of amides is 1. The van der Waals surface area contributed by atoms with Gasteiger partial charge in [0.15, 0.2) is 5.69 Å². The smallest absolute Gasteiger partial charge is 0.272 e. The lowest BCUT2D eigenvalue weighted by Gasteiger charge is -2.07. The molecule has 0 bridgehead atoms. The van der Waals surface area contributed by atoms with Crippen LogP contribution in [-0.2, 0) is 0 Å². The highest BCUT2D eigenvalue weighted by Crippen LogP contribution is 2.04. The molecule has 0 unspecified atom stereocenters. The summed E-state index contributed by atoms with van der Waals surface area (Å²) in [5, 5.41) is 13.6. The van der Waals surface area contributed by atoms with Crippen molar-refractivity contribution in [3.05, 3.63) is 30.5 Å². The fourth-order valence-electron chi connectivity index (χ4n) is 1.29. The maximum Gasteiger partial charge on any atom is 0.272 e. The number of carbonyl (C=O) groups is 1. The molecule has 5 nitrogen and oxygen atoms in total. The number of hydrogen-bond donors (Lipinski definition) is 2. The fourth-order valence-corrected chi connectivity index (χ4v) is 1.29. The van der Waals surface area contributed by atoms with Crippen LogP contribution in [0.2, 0.25) is 0 Å². The first-order valence-corrected chi connectivity index (χ1v) is 6.10. The molecule has 0 aliphatic heterocycles. The van der Waals surface area contributed by atoms with Crippen molar-refractivity contribution in [2.45, 2.75) is 20.3 Å². The van der Waals surface area contributed by atoms with Crippen LogP contribution >= 0.6 is 0 Å². The lowest BCUT2D eigenvalue weighted by Crippen LogP contribution is -2.24. The Balaban J connectivity index is 2.46. The van der Waals surface area contributed by atoms with Crippen LogP contribution in [0.25, 0.3) is 0 Å². The highest BCUT2D eigenvalue weighted by Gasteiger charge is 2.06. The van der Waals surface area contributed by atoms with E-state index in [-0.39, 0.29) is 5.91 Å². The third-order valence-electron chi connectivity index (χ3n) is 2.33. The summed E-state index contributed by atoms with van der Waals surface area (Å²) in [6.45, 7) is 9.14. The molecule has 0 saturated heterocycles. The Kier molecular flexibility index (Phi) is 5.84. The number of nitrogens with zero attached hydrogens (tertiary/aromatic N) is 2. The van der Waals surface area contributed by atoms with E-state index in [1.54, 1.807) is 18.2 Å². The summed E-state index contributed by atoms with van der Waals surface area (Å²) in [5.74, 6) is 1.10. The Labute approximate surface area is 108 Å². The van der Waals surface area contributed by atoms with E-state index in [1.807, 2.05) is 0 Å². The van der Waals surface area contributed by atoms with E-state index in [4.69, 9.17) is 0 Å². The quantitative estimate of drug-likeness (QED) is 0.723. The van der Waals surface area contributed by atoms with E-state index in [2.05, 4.69) is 41.3 Å². The highest BCUT2D eigenvalue weighted by molar-refractivity contribution is 5.92. The van der Waals surface area contributed by atoms with Gasteiger partial charge >= 0.3 is 0 Å². The van der Waals surface area contributed by atoms with Gasteiger partial charge in [-0.15, -0.1) is 16.8 Å². The summed E-state index contributed by atoms with van der Waals surface area (Å²) >= 11 is 0. The molecular formula is C13H20N4O. The molecule has 0 aromatic carbocycles. The van der Waals surface area contributed by atoms with Crippen molar-refractivity contribution in [3.63, 3.8) is 0 Å². The summed E-state index contributed by atoms with van der Waals surface area (Å²) < 4.78 is 0. The third-order valence-corrected chi connectivity index (χ3v) is 2.33. The van der Waals surface area contributed by atoms with E-state index >= 15 is 0 Å². The van der Waals surface area contributed by atoms with Crippen LogP contribution in [0.1, 0.15) is 30.8 Å². The first-order valence-electron chi connectivity index (χ1n) is 6.10. The summed E-state index contributed by atoms with van der Waals surface area (Å²) in [5.41, 5.74) is 0.311. The van der Waals surface area contributed by atoms with Crippen LogP contribution in [0, 0.1) is 5.92 Å². The average molecular weight is 248 g/mol. The van der Waals surface area contributed by atoms with Crippen molar-refractivity contribution >= 4 is 11.7 Å². The molecule has 0 radical (unpaired) electrons. The lowest BCUT2D eigenvalue weighted by molar-refractivity contribution is 0.0952. The lowest BCUT2D eigenvalue weighted by atomic mass is 10.1. The minimum Gasteiger partial charge on any atom is -0.369 e. The molecule has 0 spiro atoms. The monoisotopic (exact) mass is 248 g/mol. The summed E-state index contributed by atoms with van der Waals surface area (Å²) in [7, 11) is 0. The van der Waals surface area contributed by atoms with Gasteiger partial charge < -0.3 is 10.6 Å². The normalized spacial score (nSPS) is 10.2. The Bertz CT molecular complexity index is 386. The molecule has 98 valence electrons. The van der Waals surface area contributed by atoms with E-state index in [1.165, 1.54) is 0 Å². The molecule has 2 N–H and O–H groups in total. The molecule has 1 aromatic rings. The van der Waals surface area contributed by atoms with Gasteiger partial charge in [0.25, 0.3) is 5.91 Å². The molecule has 1 rings (SSSR count). The maximum absolute atomic E-state index is 11.5. The fraction of sp³-hybridized carbons (Fsp3) is 0.462. The van der Waals surface area contributed by atoms with Gasteiger partial charge in [-0.05, 0) is 24.5 Å². The van der Waals surface area contributed by atoms with Gasteiger partial charge in [0.05, 0.1) is 0 Å². The zero-order valence-electron chi connectivity index (χ0n) is 10.9. The number of anilines is 1. The van der Waals surface area contributed by atoms with Crippen molar-refractivity contribution < 1.29 is 4.79 Å². The second-order valence-corrected chi connectivity index (χ2v) is 4.41. The number of aromatic nitrogens is 2. The molecule has 0 atom stereocenters. The molecule has 1 aromatic heterocycles. The van der Waals surface area contributed by atoms with E-state index in [0.29, 0.717) is 24.0 Å². The zero-order valence-corrected chi connectivity index (χ0v) is 10.9. The van der Waals surface area contributed by atoms with E-state index in [9.17, 15) is 4.79 Å². The van der Waals surface area contributed by atoms with Crippen molar-refractivity contribution in [1.29, 1.82) is 0 Å². The van der Waals surface area contributed by atoms with Crippen LogP contribution < -0.4 is 10.6 Å². The van der Waals surface area contributed by atoms with Crippen LogP contribution in [0.15, 0.2) is 24.8 Å². The molecular weight excluding hydrogens is 228 g/mol. The number of rotatable bonds is 7. The van der Waals surface area contributed by atoms with Crippen molar-refractivity contribution in [2.75, 3.05) is 18.4 Å². The average Bonchev–Trinajstić information content (AvgIpc) is 2.36. The minimum atomic E-state index is -0.240. The largest absolute Gasteiger partial charge is 0.369 e. The first kappa shape index (κ1) is 14.2. The standard InChI is InChI=1S/C13H20N4O/c1-4-8-15-13(18)11-5-6-12(17-16-11)14-9-7-10(2)3/h4-6,10H,1,7-9H2,2-3H3,(H,14,17)(H,15,18). The van der Waals surface area contributed by atoms with Gasteiger partial charge in [-0.2, -0.15) is 0 Å². The van der Waals surface area contributed by atoms with Gasteiger partial charge in [-0.25, -0.2) is 0 Å². The molecule has 0 aliphatic carbocycles. The SMILES string of the molecule is C=CCNC(=O)c1ccc(NCCC(C)C)nn1. The third kappa shape index (κ3) is 4.95. The van der Waals surface area contributed by atoms with Crippen molar-refractivity contribution in [1.82, 2.24) is 15.5 Å². The molecule has 1 amide bonds. The van der Waals surface area contributed by atoms with Crippen LogP contribution in [0.5, 0.6) is 0 Å². The second-order valence-electron chi connectivity index (χ2n) is 4.41. The molecule has 5 heteroatoms. The molecule has 0 fully saturated rings. The van der Waals surface area contributed by atoms with Crippen LogP contribution in [0.3, 0.4) is 0 Å². The topological polar surface area (TPSA) is 66.9 Å². The van der Waals surface area contributed by atoms with Crippen molar-refractivity contribution in [3.8, 4) is 0 Å². The highest BCUT2D eigenvalue weighted by atomic mass is 16.1. The number of nitrogens with one attached hydrogen (secondary N) is 2. The second kappa shape index (κ2) is 7.42. The Morgan fingerprint density at radius 1 is 1.44 bits per heavy atom. The van der Waals surface area contributed by atoms with Gasteiger partial charge in [0.2, 0.25) is 0 Å². The number of hydrogen-bond acceptors (Lipinski definition) is 4. The molecule has 1 heterocycles. The predicted octanol–water partition coefficient (Wildman–Crippen LogP) is 1.85. The van der Waals surface area contributed by atoms with Crippen LogP contribution in [0.4, 0.5) is 5.82 Å². The van der Waals surface area contributed by atoms with Gasteiger partial charge in [-0.3, -0.25) is 4.79 Å². The first-order chi connectivity index (χ1) is 8.63. The Morgan fingerprint density at radius 2 is 2.22 bits per heavy atom. The summed E-state index contributed by atoms with van der Waals surface area (Å²) in [4.78, 5) is 11.5. The van der Waals surface area contributed by atoms with Gasteiger partial charge in [-0.1, -0.05) is 19.9 Å². The summed E-state index contributed by atoms with van der Waals surface area (Å²) in [6.07, 6.45) is 2.69.